The van der Waals surface area contributed by atoms with Crippen LogP contribution in [0.1, 0.15) is 17.3 Å². The second-order valence-corrected chi connectivity index (χ2v) is 3.31. The largest absolute Gasteiger partial charge is 0.490 e. The molecule has 0 radical (unpaired) electrons. The van der Waals surface area contributed by atoms with Gasteiger partial charge in [0.05, 0.1) is 0 Å². The van der Waals surface area contributed by atoms with Gasteiger partial charge in [0.1, 0.15) is 25.2 Å². The van der Waals surface area contributed by atoms with E-state index in [1.54, 1.807) is 37.3 Å². The van der Waals surface area contributed by atoms with Crippen LogP contribution in [0.5, 0.6) is 5.75 Å². The molecule has 0 aromatic heterocycles. The first-order valence-electron chi connectivity index (χ1n) is 5.15. The van der Waals surface area contributed by atoms with Gasteiger partial charge in [-0.25, -0.2) is 0 Å². The van der Waals surface area contributed by atoms with Crippen molar-refractivity contribution in [2.24, 2.45) is 5.16 Å². The Morgan fingerprint density at radius 1 is 1.41 bits per heavy atom. The zero-order valence-electron chi connectivity index (χ0n) is 9.97. The second kappa shape index (κ2) is 6.48. The molecular weight excluding hydrogens is 218 g/mol. The molecule has 90 valence electrons. The first-order chi connectivity index (χ1) is 8.19. The molecular formula is C13H15NO3. The average molecular weight is 233 g/mol. The number of ketones is 1. The predicted octanol–water partition coefficient (Wildman–Crippen LogP) is 2.46. The normalized spacial score (nSPS) is 10.8. The quantitative estimate of drug-likeness (QED) is 0.328. The Morgan fingerprint density at radius 3 is 2.59 bits per heavy atom. The van der Waals surface area contributed by atoms with Crippen molar-refractivity contribution in [1.29, 1.82) is 0 Å². The fourth-order valence-electron chi connectivity index (χ4n) is 1.24. The highest BCUT2D eigenvalue weighted by atomic mass is 16.6. The highest BCUT2D eigenvalue weighted by Gasteiger charge is 2.09. The molecule has 0 aliphatic rings. The van der Waals surface area contributed by atoms with Gasteiger partial charge >= 0.3 is 0 Å². The zero-order valence-corrected chi connectivity index (χ0v) is 9.97. The lowest BCUT2D eigenvalue weighted by Gasteiger charge is -2.04. The van der Waals surface area contributed by atoms with Gasteiger partial charge in [-0.1, -0.05) is 17.8 Å². The van der Waals surface area contributed by atoms with E-state index < -0.39 is 0 Å². The number of nitrogens with zero attached hydrogens (tertiary/aromatic N) is 1. The summed E-state index contributed by atoms with van der Waals surface area (Å²) in [5, 5.41) is 3.60. The molecule has 0 amide bonds. The van der Waals surface area contributed by atoms with E-state index in [9.17, 15) is 4.79 Å². The van der Waals surface area contributed by atoms with Gasteiger partial charge in [-0.15, -0.1) is 0 Å². The summed E-state index contributed by atoms with van der Waals surface area (Å²) in [6.07, 6.45) is 1.66. The van der Waals surface area contributed by atoms with E-state index in [-0.39, 0.29) is 5.78 Å². The molecule has 1 rings (SSSR count). The summed E-state index contributed by atoms with van der Waals surface area (Å²) in [7, 11) is 1.41. The average Bonchev–Trinajstić information content (AvgIpc) is 2.36. The van der Waals surface area contributed by atoms with Gasteiger partial charge in [-0.3, -0.25) is 4.79 Å². The molecule has 17 heavy (non-hydrogen) atoms. The SMILES string of the molecule is C=CCOc1ccc(C(=O)C(C)=NOC)cc1. The summed E-state index contributed by atoms with van der Waals surface area (Å²) in [6, 6.07) is 6.85. The van der Waals surface area contributed by atoms with Gasteiger partial charge in [-0.2, -0.15) is 0 Å². The highest BCUT2D eigenvalue weighted by molar-refractivity contribution is 6.45. The van der Waals surface area contributed by atoms with Crippen molar-refractivity contribution in [3.8, 4) is 5.75 Å². The molecule has 0 saturated heterocycles. The number of ether oxygens (including phenoxy) is 1. The smallest absolute Gasteiger partial charge is 0.210 e. The van der Waals surface area contributed by atoms with Crippen LogP contribution < -0.4 is 4.74 Å². The lowest BCUT2D eigenvalue weighted by Crippen LogP contribution is -2.10. The molecule has 0 bridgehead atoms. The van der Waals surface area contributed by atoms with Crippen molar-refractivity contribution in [3.05, 3.63) is 42.5 Å². The van der Waals surface area contributed by atoms with Crippen LogP contribution in [0, 0.1) is 0 Å². The van der Waals surface area contributed by atoms with Gasteiger partial charge in [0.25, 0.3) is 0 Å². The van der Waals surface area contributed by atoms with E-state index >= 15 is 0 Å². The molecule has 0 atom stereocenters. The van der Waals surface area contributed by atoms with Crippen molar-refractivity contribution >= 4 is 11.5 Å². The molecule has 1 aromatic carbocycles. The van der Waals surface area contributed by atoms with Crippen molar-refractivity contribution in [2.75, 3.05) is 13.7 Å². The van der Waals surface area contributed by atoms with E-state index in [0.717, 1.165) is 0 Å². The molecule has 1 aromatic rings. The number of rotatable bonds is 6. The fourth-order valence-corrected chi connectivity index (χ4v) is 1.24. The Morgan fingerprint density at radius 2 is 2.06 bits per heavy atom. The van der Waals surface area contributed by atoms with Gasteiger partial charge < -0.3 is 9.57 Å². The van der Waals surface area contributed by atoms with Crippen molar-refractivity contribution in [2.45, 2.75) is 6.92 Å². The Hall–Kier alpha value is -2.10. The Bertz CT molecular complexity index is 421. The minimum Gasteiger partial charge on any atom is -0.490 e. The van der Waals surface area contributed by atoms with Crippen LogP contribution >= 0.6 is 0 Å². The number of carbonyl (C=O) groups excluding carboxylic acids is 1. The number of oxime groups is 1. The summed E-state index contributed by atoms with van der Waals surface area (Å²) in [6.45, 7) is 5.60. The minimum absolute atomic E-state index is 0.165. The monoisotopic (exact) mass is 233 g/mol. The Kier molecular flexibility index (Phi) is 4.94. The predicted molar refractivity (Wildman–Crippen MR) is 66.6 cm³/mol. The van der Waals surface area contributed by atoms with Crippen LogP contribution in [-0.2, 0) is 4.84 Å². The lowest BCUT2D eigenvalue weighted by atomic mass is 10.1. The van der Waals surface area contributed by atoms with Crippen LogP contribution in [0.2, 0.25) is 0 Å². The lowest BCUT2D eigenvalue weighted by molar-refractivity contribution is 0.105. The highest BCUT2D eigenvalue weighted by Crippen LogP contribution is 2.13. The maximum Gasteiger partial charge on any atom is 0.210 e. The molecule has 0 unspecified atom stereocenters. The first kappa shape index (κ1) is 13.0. The maximum absolute atomic E-state index is 11.8. The van der Waals surface area contributed by atoms with E-state index in [2.05, 4.69) is 16.6 Å². The van der Waals surface area contributed by atoms with Crippen molar-refractivity contribution in [1.82, 2.24) is 0 Å². The maximum atomic E-state index is 11.8. The second-order valence-electron chi connectivity index (χ2n) is 3.31. The standard InChI is InChI=1S/C13H15NO3/c1-4-9-17-12-7-5-11(6-8-12)13(15)10(2)14-16-3/h4-8H,1,9H2,2-3H3. The summed E-state index contributed by atoms with van der Waals surface area (Å²) < 4.78 is 5.31. The molecule has 4 nitrogen and oxygen atoms in total. The third-order valence-electron chi connectivity index (χ3n) is 2.04. The van der Waals surface area contributed by atoms with Crippen LogP contribution in [0.4, 0.5) is 0 Å². The molecule has 0 saturated carbocycles. The molecule has 0 spiro atoms. The third kappa shape index (κ3) is 3.75. The fraction of sp³-hybridized carbons (Fsp3) is 0.231. The van der Waals surface area contributed by atoms with Gasteiger partial charge in [0.15, 0.2) is 0 Å². The van der Waals surface area contributed by atoms with E-state index in [0.29, 0.717) is 23.6 Å². The number of benzene rings is 1. The summed E-state index contributed by atoms with van der Waals surface area (Å²) in [4.78, 5) is 16.3. The van der Waals surface area contributed by atoms with Crippen LogP contribution in [0.25, 0.3) is 0 Å². The molecule has 0 N–H and O–H groups in total. The third-order valence-corrected chi connectivity index (χ3v) is 2.04. The number of Topliss-reactive ketones (excluding diaryl/α,β-unsaturated/α-hetero) is 1. The molecule has 4 heteroatoms. The first-order valence-corrected chi connectivity index (χ1v) is 5.15. The summed E-state index contributed by atoms with van der Waals surface area (Å²) >= 11 is 0. The Labute approximate surface area is 101 Å². The summed E-state index contributed by atoms with van der Waals surface area (Å²) in [5.41, 5.74) is 0.863. The topological polar surface area (TPSA) is 47.9 Å². The van der Waals surface area contributed by atoms with Crippen LogP contribution in [0.3, 0.4) is 0 Å². The number of hydrogen-bond acceptors (Lipinski definition) is 4. The van der Waals surface area contributed by atoms with Gasteiger partial charge in [-0.05, 0) is 31.2 Å². The van der Waals surface area contributed by atoms with Gasteiger partial charge in [0, 0.05) is 5.56 Å². The van der Waals surface area contributed by atoms with E-state index in [1.807, 2.05) is 0 Å². The molecule has 0 fully saturated rings. The minimum atomic E-state index is -0.165. The van der Waals surface area contributed by atoms with E-state index in [1.165, 1.54) is 7.11 Å². The van der Waals surface area contributed by atoms with Crippen LogP contribution in [-0.4, -0.2) is 25.2 Å². The Balaban J connectivity index is 2.76. The molecule has 0 aliphatic carbocycles. The van der Waals surface area contributed by atoms with Crippen molar-refractivity contribution in [3.63, 3.8) is 0 Å². The summed E-state index contributed by atoms with van der Waals surface area (Å²) in [5.74, 6) is 0.532. The van der Waals surface area contributed by atoms with E-state index in [4.69, 9.17) is 4.74 Å². The zero-order chi connectivity index (χ0) is 12.7. The molecule has 0 aliphatic heterocycles. The van der Waals surface area contributed by atoms with Crippen LogP contribution in [0.15, 0.2) is 42.1 Å². The number of hydrogen-bond donors (Lipinski definition) is 0. The number of carbonyl (C=O) groups is 1. The molecule has 0 heterocycles. The van der Waals surface area contributed by atoms with Gasteiger partial charge in [0.2, 0.25) is 5.78 Å². The van der Waals surface area contributed by atoms with Crippen molar-refractivity contribution < 1.29 is 14.4 Å².